The Hall–Kier alpha value is -1.68. The Labute approximate surface area is 112 Å². The standard InChI is InChI=1S/C15H19N3O/c1-4-12-17-13(9(2)3)14-16-11-8-6-5-7-10(11)15(19)18(12)14/h5-9,12-13,17H,4H2,1-3H3/t12?,13-/m0/s1. The van der Waals surface area contributed by atoms with Gasteiger partial charge in [0.2, 0.25) is 0 Å². The molecule has 0 aliphatic carbocycles. The molecule has 2 aromatic rings. The Kier molecular flexibility index (Phi) is 2.90. The third kappa shape index (κ3) is 1.78. The van der Waals surface area contributed by atoms with E-state index in [1.807, 2.05) is 28.8 Å². The Balaban J connectivity index is 2.32. The zero-order valence-corrected chi connectivity index (χ0v) is 11.6. The van der Waals surface area contributed by atoms with Crippen LogP contribution in [0.5, 0.6) is 0 Å². The Morgan fingerprint density at radius 2 is 2.11 bits per heavy atom. The minimum Gasteiger partial charge on any atom is -0.287 e. The molecule has 4 nitrogen and oxygen atoms in total. The van der Waals surface area contributed by atoms with E-state index in [9.17, 15) is 4.79 Å². The molecule has 2 heterocycles. The molecule has 19 heavy (non-hydrogen) atoms. The molecule has 0 bridgehead atoms. The van der Waals surface area contributed by atoms with E-state index in [-0.39, 0.29) is 17.8 Å². The molecule has 1 aromatic carbocycles. The van der Waals surface area contributed by atoms with E-state index in [1.54, 1.807) is 0 Å². The fourth-order valence-electron chi connectivity index (χ4n) is 2.83. The summed E-state index contributed by atoms with van der Waals surface area (Å²) in [7, 11) is 0. The summed E-state index contributed by atoms with van der Waals surface area (Å²) in [6.07, 6.45) is 0.947. The molecule has 1 aromatic heterocycles. The van der Waals surface area contributed by atoms with Crippen LogP contribution in [0.3, 0.4) is 0 Å². The molecule has 100 valence electrons. The predicted octanol–water partition coefficient (Wildman–Crippen LogP) is 2.61. The lowest BCUT2D eigenvalue weighted by atomic mass is 10.0. The normalized spacial score (nSPS) is 22.1. The highest BCUT2D eigenvalue weighted by atomic mass is 16.1. The van der Waals surface area contributed by atoms with E-state index < -0.39 is 0 Å². The molecular weight excluding hydrogens is 238 g/mol. The molecule has 0 saturated carbocycles. The minimum atomic E-state index is 0.0620. The number of nitrogens with one attached hydrogen (secondary N) is 1. The first-order valence-electron chi connectivity index (χ1n) is 6.90. The van der Waals surface area contributed by atoms with Crippen LogP contribution in [-0.2, 0) is 0 Å². The number of aromatic nitrogens is 2. The quantitative estimate of drug-likeness (QED) is 0.899. The summed E-state index contributed by atoms with van der Waals surface area (Å²) >= 11 is 0. The highest BCUT2D eigenvalue weighted by Crippen LogP contribution is 2.31. The summed E-state index contributed by atoms with van der Waals surface area (Å²) in [5.74, 6) is 1.29. The smallest absolute Gasteiger partial charge is 0.262 e. The second-order valence-corrected chi connectivity index (χ2v) is 5.47. The van der Waals surface area contributed by atoms with Gasteiger partial charge >= 0.3 is 0 Å². The lowest BCUT2D eigenvalue weighted by Gasteiger charge is -2.15. The van der Waals surface area contributed by atoms with E-state index in [2.05, 4.69) is 26.1 Å². The van der Waals surface area contributed by atoms with Crippen LogP contribution in [0.25, 0.3) is 10.9 Å². The second kappa shape index (κ2) is 4.46. The van der Waals surface area contributed by atoms with Gasteiger partial charge in [0, 0.05) is 0 Å². The monoisotopic (exact) mass is 257 g/mol. The van der Waals surface area contributed by atoms with Gasteiger partial charge in [-0.25, -0.2) is 4.98 Å². The minimum absolute atomic E-state index is 0.0620. The summed E-state index contributed by atoms with van der Waals surface area (Å²) < 4.78 is 1.84. The van der Waals surface area contributed by atoms with E-state index in [0.29, 0.717) is 11.3 Å². The van der Waals surface area contributed by atoms with Crippen molar-refractivity contribution < 1.29 is 0 Å². The van der Waals surface area contributed by atoms with Crippen molar-refractivity contribution in [2.45, 2.75) is 39.4 Å². The van der Waals surface area contributed by atoms with Gasteiger partial charge in [0.15, 0.2) is 0 Å². The Morgan fingerprint density at radius 1 is 1.37 bits per heavy atom. The molecule has 3 rings (SSSR count). The highest BCUT2D eigenvalue weighted by molar-refractivity contribution is 5.77. The third-order valence-electron chi connectivity index (χ3n) is 3.85. The second-order valence-electron chi connectivity index (χ2n) is 5.47. The molecule has 0 saturated heterocycles. The predicted molar refractivity (Wildman–Crippen MR) is 76.0 cm³/mol. The van der Waals surface area contributed by atoms with Crippen LogP contribution in [0.2, 0.25) is 0 Å². The van der Waals surface area contributed by atoms with Gasteiger partial charge in [0.1, 0.15) is 5.82 Å². The van der Waals surface area contributed by atoms with Gasteiger partial charge in [0.05, 0.1) is 23.1 Å². The van der Waals surface area contributed by atoms with Crippen molar-refractivity contribution in [3.05, 3.63) is 40.4 Å². The van der Waals surface area contributed by atoms with Gasteiger partial charge in [-0.15, -0.1) is 0 Å². The summed E-state index contributed by atoms with van der Waals surface area (Å²) in [6.45, 7) is 6.40. The average molecular weight is 257 g/mol. The SMILES string of the molecule is CCC1N[C@@H](C(C)C)c2nc3ccccc3c(=O)n21. The van der Waals surface area contributed by atoms with Gasteiger partial charge in [-0.2, -0.15) is 0 Å². The fraction of sp³-hybridized carbons (Fsp3) is 0.467. The Bertz CT molecular complexity index is 675. The average Bonchev–Trinajstić information content (AvgIpc) is 2.78. The molecular formula is C15H19N3O. The molecule has 4 heteroatoms. The first-order valence-corrected chi connectivity index (χ1v) is 6.90. The van der Waals surface area contributed by atoms with Crippen molar-refractivity contribution >= 4 is 10.9 Å². The molecule has 1 aliphatic heterocycles. The summed E-state index contributed by atoms with van der Waals surface area (Å²) in [5, 5.41) is 4.23. The number of benzene rings is 1. The van der Waals surface area contributed by atoms with Crippen LogP contribution in [0, 0.1) is 5.92 Å². The number of para-hydroxylation sites is 1. The first kappa shape index (κ1) is 12.4. The summed E-state index contributed by atoms with van der Waals surface area (Å²) in [6, 6.07) is 7.74. The molecule has 1 N–H and O–H groups in total. The number of fused-ring (bicyclic) bond motifs is 2. The van der Waals surface area contributed by atoms with Crippen LogP contribution in [0.15, 0.2) is 29.1 Å². The van der Waals surface area contributed by atoms with Crippen LogP contribution in [-0.4, -0.2) is 9.55 Å². The molecule has 1 unspecified atom stereocenters. The number of hydrogen-bond donors (Lipinski definition) is 1. The van der Waals surface area contributed by atoms with Crippen molar-refractivity contribution in [2.75, 3.05) is 0 Å². The topological polar surface area (TPSA) is 46.9 Å². The van der Waals surface area contributed by atoms with Gasteiger partial charge in [0.25, 0.3) is 5.56 Å². The lowest BCUT2D eigenvalue weighted by molar-refractivity contribution is 0.366. The largest absolute Gasteiger partial charge is 0.287 e. The van der Waals surface area contributed by atoms with Crippen molar-refractivity contribution in [1.29, 1.82) is 0 Å². The van der Waals surface area contributed by atoms with Crippen molar-refractivity contribution in [2.24, 2.45) is 5.92 Å². The van der Waals surface area contributed by atoms with E-state index in [0.717, 1.165) is 17.8 Å². The molecule has 0 spiro atoms. The van der Waals surface area contributed by atoms with E-state index in [4.69, 9.17) is 4.98 Å². The summed E-state index contributed by atoms with van der Waals surface area (Å²) in [4.78, 5) is 17.4. The summed E-state index contributed by atoms with van der Waals surface area (Å²) in [5.41, 5.74) is 0.867. The lowest BCUT2D eigenvalue weighted by Crippen LogP contribution is -2.27. The number of nitrogens with zero attached hydrogens (tertiary/aromatic N) is 2. The van der Waals surface area contributed by atoms with Crippen LogP contribution < -0.4 is 10.9 Å². The van der Waals surface area contributed by atoms with Gasteiger partial charge in [-0.05, 0) is 24.5 Å². The van der Waals surface area contributed by atoms with E-state index in [1.165, 1.54) is 0 Å². The van der Waals surface area contributed by atoms with Crippen molar-refractivity contribution in [1.82, 2.24) is 14.9 Å². The molecule has 2 atom stereocenters. The number of hydrogen-bond acceptors (Lipinski definition) is 3. The maximum Gasteiger partial charge on any atom is 0.262 e. The molecule has 1 aliphatic rings. The van der Waals surface area contributed by atoms with Gasteiger partial charge in [-0.3, -0.25) is 14.7 Å². The van der Waals surface area contributed by atoms with Crippen molar-refractivity contribution in [3.63, 3.8) is 0 Å². The van der Waals surface area contributed by atoms with Gasteiger partial charge in [-0.1, -0.05) is 32.9 Å². The maximum atomic E-state index is 12.6. The zero-order valence-electron chi connectivity index (χ0n) is 11.6. The van der Waals surface area contributed by atoms with Crippen LogP contribution in [0.4, 0.5) is 0 Å². The van der Waals surface area contributed by atoms with Crippen LogP contribution >= 0.6 is 0 Å². The molecule has 0 radical (unpaired) electrons. The third-order valence-corrected chi connectivity index (χ3v) is 3.85. The van der Waals surface area contributed by atoms with Crippen molar-refractivity contribution in [3.8, 4) is 0 Å². The first-order chi connectivity index (χ1) is 9.13. The Morgan fingerprint density at radius 3 is 2.79 bits per heavy atom. The van der Waals surface area contributed by atoms with Gasteiger partial charge < -0.3 is 0 Å². The maximum absolute atomic E-state index is 12.6. The zero-order chi connectivity index (χ0) is 13.6. The van der Waals surface area contributed by atoms with Crippen LogP contribution in [0.1, 0.15) is 45.2 Å². The van der Waals surface area contributed by atoms with E-state index >= 15 is 0 Å². The molecule has 0 fully saturated rings. The molecule has 0 amide bonds. The highest BCUT2D eigenvalue weighted by Gasteiger charge is 2.33. The number of rotatable bonds is 2. The fourth-order valence-corrected chi connectivity index (χ4v) is 2.83.